The Kier molecular flexibility index (Phi) is 4.24. The van der Waals surface area contributed by atoms with Gasteiger partial charge in [0.15, 0.2) is 5.82 Å². The lowest BCUT2D eigenvalue weighted by Crippen LogP contribution is -2.07. The van der Waals surface area contributed by atoms with Gasteiger partial charge in [-0.15, -0.1) is 0 Å². The van der Waals surface area contributed by atoms with Crippen LogP contribution in [0.1, 0.15) is 25.6 Å². The first-order valence-corrected chi connectivity index (χ1v) is 7.78. The molecule has 0 aliphatic carbocycles. The van der Waals surface area contributed by atoms with Crippen LogP contribution in [0.2, 0.25) is 0 Å². The van der Waals surface area contributed by atoms with E-state index >= 15 is 0 Å². The molecule has 0 aliphatic rings. The van der Waals surface area contributed by atoms with E-state index in [0.29, 0.717) is 12.4 Å². The average molecular weight is 298 g/mol. The van der Waals surface area contributed by atoms with E-state index in [1.165, 1.54) is 0 Å². The Morgan fingerprint density at radius 2 is 2.05 bits per heavy atom. The number of methoxy groups -OCH3 is 1. The molecule has 0 saturated carbocycles. The van der Waals surface area contributed by atoms with Crippen molar-refractivity contribution >= 4 is 27.8 Å². The van der Waals surface area contributed by atoms with Crippen LogP contribution in [0, 0.1) is 0 Å². The fourth-order valence-corrected chi connectivity index (χ4v) is 2.85. The SMILES string of the molecule is CCCCn1c(CCOC)nc2c(N)nc3ccccc3c21. The molecule has 1 aromatic carbocycles. The summed E-state index contributed by atoms with van der Waals surface area (Å²) in [6, 6.07) is 8.11. The van der Waals surface area contributed by atoms with Gasteiger partial charge >= 0.3 is 0 Å². The maximum Gasteiger partial charge on any atom is 0.152 e. The number of nitrogen functional groups attached to an aromatic ring is 1. The fraction of sp³-hybridized carbons (Fsp3) is 0.412. The molecule has 116 valence electrons. The third-order valence-corrected chi connectivity index (χ3v) is 3.95. The zero-order chi connectivity index (χ0) is 15.5. The van der Waals surface area contributed by atoms with Crippen molar-refractivity contribution in [3.8, 4) is 0 Å². The maximum atomic E-state index is 6.14. The molecule has 0 spiro atoms. The van der Waals surface area contributed by atoms with E-state index < -0.39 is 0 Å². The number of benzene rings is 1. The van der Waals surface area contributed by atoms with Crippen molar-refractivity contribution in [2.75, 3.05) is 19.5 Å². The van der Waals surface area contributed by atoms with Crippen LogP contribution in [0.5, 0.6) is 0 Å². The highest BCUT2D eigenvalue weighted by atomic mass is 16.5. The predicted molar refractivity (Wildman–Crippen MR) is 89.9 cm³/mol. The topological polar surface area (TPSA) is 66.0 Å². The number of fused-ring (bicyclic) bond motifs is 3. The summed E-state index contributed by atoms with van der Waals surface area (Å²) in [5.41, 5.74) is 8.97. The summed E-state index contributed by atoms with van der Waals surface area (Å²) in [7, 11) is 1.71. The highest BCUT2D eigenvalue weighted by molar-refractivity contribution is 6.06. The molecule has 2 N–H and O–H groups in total. The summed E-state index contributed by atoms with van der Waals surface area (Å²) in [6.07, 6.45) is 3.03. The molecule has 2 aromatic heterocycles. The minimum atomic E-state index is 0.502. The molecule has 0 atom stereocenters. The number of hydrogen-bond acceptors (Lipinski definition) is 4. The molecular formula is C17H22N4O. The molecule has 0 unspecified atom stereocenters. The van der Waals surface area contributed by atoms with Gasteiger partial charge in [0.1, 0.15) is 11.3 Å². The van der Waals surface area contributed by atoms with Crippen molar-refractivity contribution in [2.24, 2.45) is 0 Å². The van der Waals surface area contributed by atoms with E-state index in [1.54, 1.807) is 7.11 Å². The maximum absolute atomic E-state index is 6.14. The highest BCUT2D eigenvalue weighted by Crippen LogP contribution is 2.29. The molecule has 0 bridgehead atoms. The van der Waals surface area contributed by atoms with Gasteiger partial charge in [0.05, 0.1) is 17.6 Å². The number of anilines is 1. The van der Waals surface area contributed by atoms with Crippen LogP contribution in [-0.4, -0.2) is 28.3 Å². The van der Waals surface area contributed by atoms with Crippen molar-refractivity contribution in [2.45, 2.75) is 32.7 Å². The molecule has 22 heavy (non-hydrogen) atoms. The number of rotatable bonds is 6. The standard InChI is InChI=1S/C17H22N4O/c1-3-4-10-21-14(9-11-22-2)20-15-16(21)12-7-5-6-8-13(12)19-17(15)18/h5-8H,3-4,9-11H2,1-2H3,(H2,18,19). The minimum absolute atomic E-state index is 0.502. The van der Waals surface area contributed by atoms with E-state index in [0.717, 1.165) is 53.6 Å². The van der Waals surface area contributed by atoms with Crippen molar-refractivity contribution in [1.82, 2.24) is 14.5 Å². The van der Waals surface area contributed by atoms with Gasteiger partial charge in [-0.3, -0.25) is 0 Å². The summed E-state index contributed by atoms with van der Waals surface area (Å²) in [5.74, 6) is 1.53. The summed E-state index contributed by atoms with van der Waals surface area (Å²) >= 11 is 0. The molecule has 2 heterocycles. The largest absolute Gasteiger partial charge is 0.384 e. The molecule has 0 amide bonds. The fourth-order valence-electron chi connectivity index (χ4n) is 2.85. The Bertz CT molecular complexity index is 794. The van der Waals surface area contributed by atoms with Gasteiger partial charge in [0, 0.05) is 25.5 Å². The van der Waals surface area contributed by atoms with Crippen LogP contribution in [0.15, 0.2) is 24.3 Å². The number of aryl methyl sites for hydroxylation is 1. The van der Waals surface area contributed by atoms with Crippen LogP contribution in [0.3, 0.4) is 0 Å². The van der Waals surface area contributed by atoms with Gasteiger partial charge in [-0.05, 0) is 12.5 Å². The predicted octanol–water partition coefficient (Wildman–Crippen LogP) is 3.16. The summed E-state index contributed by atoms with van der Waals surface area (Å²) in [6.45, 7) is 3.79. The first-order chi connectivity index (χ1) is 10.8. The Hall–Kier alpha value is -2.14. The number of imidazole rings is 1. The second-order valence-electron chi connectivity index (χ2n) is 5.49. The first kappa shape index (κ1) is 14.8. The van der Waals surface area contributed by atoms with Crippen LogP contribution in [0.25, 0.3) is 21.9 Å². The van der Waals surface area contributed by atoms with Gasteiger partial charge in [-0.25, -0.2) is 9.97 Å². The summed E-state index contributed by atoms with van der Waals surface area (Å²) in [5, 5.41) is 1.11. The van der Waals surface area contributed by atoms with Crippen molar-refractivity contribution in [3.63, 3.8) is 0 Å². The smallest absolute Gasteiger partial charge is 0.152 e. The lowest BCUT2D eigenvalue weighted by atomic mass is 10.2. The molecule has 0 fully saturated rings. The Morgan fingerprint density at radius 3 is 2.82 bits per heavy atom. The number of hydrogen-bond donors (Lipinski definition) is 1. The number of nitrogens with zero attached hydrogens (tertiary/aromatic N) is 3. The lowest BCUT2D eigenvalue weighted by molar-refractivity contribution is 0.199. The van der Waals surface area contributed by atoms with E-state index in [2.05, 4.69) is 22.5 Å². The van der Waals surface area contributed by atoms with Gasteiger partial charge in [0.25, 0.3) is 0 Å². The summed E-state index contributed by atoms with van der Waals surface area (Å²) < 4.78 is 7.51. The highest BCUT2D eigenvalue weighted by Gasteiger charge is 2.16. The number of aromatic nitrogens is 3. The van der Waals surface area contributed by atoms with Gasteiger partial charge in [0.2, 0.25) is 0 Å². The second kappa shape index (κ2) is 6.32. The number of unbranched alkanes of at least 4 members (excludes halogenated alkanes) is 1. The van der Waals surface area contributed by atoms with Crippen molar-refractivity contribution < 1.29 is 4.74 Å². The summed E-state index contributed by atoms with van der Waals surface area (Å²) in [4.78, 5) is 9.24. The molecule has 0 aliphatic heterocycles. The molecule has 0 radical (unpaired) electrons. The first-order valence-electron chi connectivity index (χ1n) is 7.78. The molecule has 3 rings (SSSR count). The van der Waals surface area contributed by atoms with Crippen LogP contribution in [-0.2, 0) is 17.7 Å². The third-order valence-electron chi connectivity index (χ3n) is 3.95. The molecule has 0 saturated heterocycles. The van der Waals surface area contributed by atoms with Crippen LogP contribution >= 0.6 is 0 Å². The number of ether oxygens (including phenoxy) is 1. The van der Waals surface area contributed by atoms with Gasteiger partial charge in [-0.2, -0.15) is 0 Å². The van der Waals surface area contributed by atoms with Crippen LogP contribution in [0.4, 0.5) is 5.82 Å². The monoisotopic (exact) mass is 298 g/mol. The lowest BCUT2D eigenvalue weighted by Gasteiger charge is -2.10. The quantitative estimate of drug-likeness (QED) is 0.759. The van der Waals surface area contributed by atoms with Gasteiger partial charge < -0.3 is 15.0 Å². The van der Waals surface area contributed by atoms with Gasteiger partial charge in [-0.1, -0.05) is 31.5 Å². The third kappa shape index (κ3) is 2.52. The Balaban J connectivity index is 2.27. The Morgan fingerprint density at radius 1 is 1.23 bits per heavy atom. The number of nitrogens with two attached hydrogens (primary N) is 1. The normalized spacial score (nSPS) is 11.5. The Labute approximate surface area is 130 Å². The van der Waals surface area contributed by atoms with E-state index in [9.17, 15) is 0 Å². The number of pyridine rings is 1. The minimum Gasteiger partial charge on any atom is -0.384 e. The van der Waals surface area contributed by atoms with E-state index in [4.69, 9.17) is 15.5 Å². The molecule has 5 heteroatoms. The molecule has 3 aromatic rings. The molecule has 5 nitrogen and oxygen atoms in total. The van der Waals surface area contributed by atoms with Crippen LogP contribution < -0.4 is 5.73 Å². The zero-order valence-corrected chi connectivity index (χ0v) is 13.2. The molecular weight excluding hydrogens is 276 g/mol. The van der Waals surface area contributed by atoms with Crippen molar-refractivity contribution in [1.29, 1.82) is 0 Å². The van der Waals surface area contributed by atoms with Crippen molar-refractivity contribution in [3.05, 3.63) is 30.1 Å². The van der Waals surface area contributed by atoms with E-state index in [1.807, 2.05) is 18.2 Å². The number of para-hydroxylation sites is 1. The average Bonchev–Trinajstić information content (AvgIpc) is 2.90. The van der Waals surface area contributed by atoms with E-state index in [-0.39, 0.29) is 0 Å². The zero-order valence-electron chi connectivity index (χ0n) is 13.2. The second-order valence-corrected chi connectivity index (χ2v) is 5.49.